The molecular weight excluding hydrogens is 292 g/mol. The number of aromatic amines is 1. The summed E-state index contributed by atoms with van der Waals surface area (Å²) >= 11 is 5.20. The Morgan fingerprint density at radius 1 is 1.52 bits per heavy atom. The molecule has 0 amide bonds. The number of ether oxygens (including phenoxy) is 1. The predicted octanol–water partition coefficient (Wildman–Crippen LogP) is 0.602. The van der Waals surface area contributed by atoms with Crippen LogP contribution in [0.3, 0.4) is 0 Å². The fourth-order valence-corrected chi connectivity index (χ4v) is 2.81. The molecule has 1 fully saturated rings. The molecule has 21 heavy (non-hydrogen) atoms. The van der Waals surface area contributed by atoms with Crippen molar-refractivity contribution in [3.8, 4) is 0 Å². The second-order valence-electron chi connectivity index (χ2n) is 5.03. The van der Waals surface area contributed by atoms with Crippen molar-refractivity contribution in [2.24, 2.45) is 0 Å². The van der Waals surface area contributed by atoms with Crippen molar-refractivity contribution >= 4 is 29.1 Å². The number of carboxylic acids is 1. The molecule has 6 nitrogen and oxygen atoms in total. The van der Waals surface area contributed by atoms with Crippen molar-refractivity contribution in [3.05, 3.63) is 38.9 Å². The summed E-state index contributed by atoms with van der Waals surface area (Å²) in [6.45, 7) is 1.12. The van der Waals surface area contributed by atoms with Gasteiger partial charge >= 0.3 is 0 Å². The van der Waals surface area contributed by atoms with Crippen molar-refractivity contribution in [2.45, 2.75) is 25.5 Å². The standard InChI is InChI=1S/C14H14N2O4S/c17-12-10-4-3-8(13(18)19)6-11(10)15-14(21)16(12)7-9-2-1-5-20-9/h3-4,6,9H,1-2,5,7H2,(H,15,21)(H,18,19)/p-1/t9-/m1/s1. The summed E-state index contributed by atoms with van der Waals surface area (Å²) < 4.78 is 7.25. The highest BCUT2D eigenvalue weighted by Crippen LogP contribution is 2.15. The van der Waals surface area contributed by atoms with Gasteiger partial charge in [-0.15, -0.1) is 0 Å². The van der Waals surface area contributed by atoms with Crippen LogP contribution in [-0.2, 0) is 11.3 Å². The Kier molecular flexibility index (Phi) is 3.60. The van der Waals surface area contributed by atoms with Crippen molar-refractivity contribution < 1.29 is 14.6 Å². The Bertz CT molecular complexity index is 818. The number of hydrogen-bond acceptors (Lipinski definition) is 5. The number of carbonyl (C=O) groups excluding carboxylic acids is 1. The molecule has 3 rings (SSSR count). The summed E-state index contributed by atoms with van der Waals surface area (Å²) in [7, 11) is 0. The second-order valence-corrected chi connectivity index (χ2v) is 5.42. The maximum Gasteiger partial charge on any atom is 0.262 e. The lowest BCUT2D eigenvalue weighted by Gasteiger charge is -2.13. The molecule has 1 aliphatic heterocycles. The smallest absolute Gasteiger partial charge is 0.262 e. The van der Waals surface area contributed by atoms with Gasteiger partial charge in [0, 0.05) is 6.61 Å². The van der Waals surface area contributed by atoms with Crippen molar-refractivity contribution in [1.82, 2.24) is 9.55 Å². The molecule has 110 valence electrons. The molecular formula is C14H13N2O4S-. The number of rotatable bonds is 3. The van der Waals surface area contributed by atoms with Crippen LogP contribution in [0.1, 0.15) is 23.2 Å². The van der Waals surface area contributed by atoms with E-state index in [2.05, 4.69) is 4.98 Å². The molecule has 0 aliphatic carbocycles. The van der Waals surface area contributed by atoms with Crippen LogP contribution < -0.4 is 10.7 Å². The highest BCUT2D eigenvalue weighted by molar-refractivity contribution is 7.71. The molecule has 2 aromatic rings. The van der Waals surface area contributed by atoms with E-state index in [0.717, 1.165) is 12.8 Å². The van der Waals surface area contributed by atoms with E-state index in [0.29, 0.717) is 24.1 Å². The number of aromatic nitrogens is 2. The fraction of sp³-hybridized carbons (Fsp3) is 0.357. The Hall–Kier alpha value is -1.99. The lowest BCUT2D eigenvalue weighted by atomic mass is 10.1. The van der Waals surface area contributed by atoms with E-state index in [9.17, 15) is 14.7 Å². The number of H-pyrrole nitrogens is 1. The van der Waals surface area contributed by atoms with Crippen LogP contribution in [-0.4, -0.2) is 28.2 Å². The lowest BCUT2D eigenvalue weighted by Crippen LogP contribution is -2.28. The van der Waals surface area contributed by atoms with E-state index >= 15 is 0 Å². The fourth-order valence-electron chi connectivity index (χ4n) is 2.54. The highest BCUT2D eigenvalue weighted by atomic mass is 32.1. The molecule has 7 heteroatoms. The van der Waals surface area contributed by atoms with Gasteiger partial charge in [0.05, 0.1) is 29.5 Å². The van der Waals surface area contributed by atoms with Crippen LogP contribution in [0.15, 0.2) is 23.0 Å². The SMILES string of the molecule is O=C([O-])c1ccc2c(=O)n(C[C@H]3CCCO3)c(=S)[nH]c2c1. The molecule has 2 heterocycles. The molecule has 0 saturated carbocycles. The quantitative estimate of drug-likeness (QED) is 0.839. The number of fused-ring (bicyclic) bond motifs is 1. The van der Waals surface area contributed by atoms with Crippen LogP contribution >= 0.6 is 12.2 Å². The van der Waals surface area contributed by atoms with Gasteiger partial charge in [0.1, 0.15) is 0 Å². The van der Waals surface area contributed by atoms with Gasteiger partial charge in [-0.1, -0.05) is 6.07 Å². The maximum atomic E-state index is 12.5. The summed E-state index contributed by atoms with van der Waals surface area (Å²) in [6.07, 6.45) is 1.89. The zero-order valence-electron chi connectivity index (χ0n) is 11.1. The number of aromatic carboxylic acids is 1. The highest BCUT2D eigenvalue weighted by Gasteiger charge is 2.18. The van der Waals surface area contributed by atoms with Crippen molar-refractivity contribution in [2.75, 3.05) is 6.61 Å². The maximum absolute atomic E-state index is 12.5. The topological polar surface area (TPSA) is 87.2 Å². The Labute approximate surface area is 125 Å². The predicted molar refractivity (Wildman–Crippen MR) is 76.7 cm³/mol. The Balaban J connectivity index is 2.10. The van der Waals surface area contributed by atoms with E-state index in [1.807, 2.05) is 0 Å². The first-order valence-electron chi connectivity index (χ1n) is 6.66. The zero-order chi connectivity index (χ0) is 15.0. The first-order valence-corrected chi connectivity index (χ1v) is 7.07. The number of hydrogen-bond donors (Lipinski definition) is 1. The molecule has 0 spiro atoms. The molecule has 1 aliphatic rings. The van der Waals surface area contributed by atoms with Crippen LogP contribution in [0.2, 0.25) is 0 Å². The normalized spacial score (nSPS) is 18.2. The Morgan fingerprint density at radius 2 is 2.33 bits per heavy atom. The van der Waals surface area contributed by atoms with Crippen LogP contribution in [0.4, 0.5) is 0 Å². The summed E-state index contributed by atoms with van der Waals surface area (Å²) in [4.78, 5) is 26.2. The Morgan fingerprint density at radius 3 is 3.00 bits per heavy atom. The number of benzene rings is 1. The summed E-state index contributed by atoms with van der Waals surface area (Å²) in [5.74, 6) is -1.29. The third kappa shape index (κ3) is 2.62. The monoisotopic (exact) mass is 305 g/mol. The van der Waals surface area contributed by atoms with Gasteiger partial charge < -0.3 is 19.6 Å². The molecule has 0 unspecified atom stereocenters. The van der Waals surface area contributed by atoms with Gasteiger partial charge in [-0.2, -0.15) is 0 Å². The van der Waals surface area contributed by atoms with Crippen LogP contribution in [0.5, 0.6) is 0 Å². The third-order valence-electron chi connectivity index (χ3n) is 3.63. The molecule has 1 aromatic heterocycles. The number of carboxylic acid groups (broad SMARTS) is 1. The molecule has 1 aromatic carbocycles. The number of nitrogens with zero attached hydrogens (tertiary/aromatic N) is 1. The van der Waals surface area contributed by atoms with E-state index < -0.39 is 5.97 Å². The average molecular weight is 305 g/mol. The summed E-state index contributed by atoms with van der Waals surface area (Å²) in [5, 5.41) is 11.3. The number of nitrogens with one attached hydrogen (secondary N) is 1. The van der Waals surface area contributed by atoms with Gasteiger partial charge in [0.25, 0.3) is 5.56 Å². The minimum atomic E-state index is -1.29. The summed E-state index contributed by atoms with van der Waals surface area (Å²) in [5.41, 5.74) is 0.161. The third-order valence-corrected chi connectivity index (χ3v) is 3.95. The van der Waals surface area contributed by atoms with Crippen molar-refractivity contribution in [1.29, 1.82) is 0 Å². The minimum absolute atomic E-state index is 0.00209. The molecule has 1 saturated heterocycles. The largest absolute Gasteiger partial charge is 0.545 e. The molecule has 1 atom stereocenters. The van der Waals surface area contributed by atoms with Crippen molar-refractivity contribution in [3.63, 3.8) is 0 Å². The minimum Gasteiger partial charge on any atom is -0.545 e. The first-order chi connectivity index (χ1) is 10.1. The van der Waals surface area contributed by atoms with E-state index in [1.165, 1.54) is 22.8 Å². The molecule has 1 N–H and O–H groups in total. The molecule has 0 bridgehead atoms. The van der Waals surface area contributed by atoms with E-state index in [1.54, 1.807) is 0 Å². The van der Waals surface area contributed by atoms with Gasteiger partial charge in [0.15, 0.2) is 4.77 Å². The first kappa shape index (κ1) is 14.0. The van der Waals surface area contributed by atoms with Gasteiger partial charge in [-0.05, 0) is 42.8 Å². The van der Waals surface area contributed by atoms with Gasteiger partial charge in [-0.3, -0.25) is 9.36 Å². The average Bonchev–Trinajstić information content (AvgIpc) is 2.95. The molecule has 0 radical (unpaired) electrons. The van der Waals surface area contributed by atoms with Crippen LogP contribution in [0, 0.1) is 4.77 Å². The zero-order valence-corrected chi connectivity index (χ0v) is 11.9. The van der Waals surface area contributed by atoms with Gasteiger partial charge in [-0.25, -0.2) is 0 Å². The summed E-state index contributed by atoms with van der Waals surface area (Å²) in [6, 6.07) is 4.19. The van der Waals surface area contributed by atoms with Gasteiger partial charge in [0.2, 0.25) is 0 Å². The van der Waals surface area contributed by atoms with Crippen LogP contribution in [0.25, 0.3) is 10.9 Å². The second kappa shape index (κ2) is 5.42. The van der Waals surface area contributed by atoms with E-state index in [-0.39, 0.29) is 22.0 Å². The number of carbonyl (C=O) groups is 1. The van der Waals surface area contributed by atoms with E-state index in [4.69, 9.17) is 17.0 Å². The lowest BCUT2D eigenvalue weighted by molar-refractivity contribution is -0.255.